The molecule has 2 N–H and O–H groups in total. The SMILES string of the molecule is CC(C)[C@H](NC(=O)[C@H]1N2C(=O)c3ccccc3C2SC1(C)C)C(=O)NCc1ccco1. The standard InChI is InChI=1S/C23H27N3O4S/c1-13(2)17(19(27)24-12-14-8-7-11-30-14)25-20(28)18-23(3,4)31-22-16-10-6-5-9-15(16)21(29)26(18)22/h5-11,13,17-18,22H,12H2,1-4H3,(H,24,27)(H,25,28)/t17-,18+,22?/m0/s1. The zero-order valence-corrected chi connectivity index (χ0v) is 18.9. The summed E-state index contributed by atoms with van der Waals surface area (Å²) >= 11 is 1.61. The molecule has 1 unspecified atom stereocenters. The summed E-state index contributed by atoms with van der Waals surface area (Å²) in [4.78, 5) is 41.0. The average Bonchev–Trinajstić information content (AvgIpc) is 3.40. The fourth-order valence-electron chi connectivity index (χ4n) is 4.27. The Labute approximate surface area is 185 Å². The third kappa shape index (κ3) is 3.84. The highest BCUT2D eigenvalue weighted by molar-refractivity contribution is 8.01. The highest BCUT2D eigenvalue weighted by Crippen LogP contribution is 2.56. The largest absolute Gasteiger partial charge is 0.467 e. The molecule has 7 nitrogen and oxygen atoms in total. The van der Waals surface area contributed by atoms with Gasteiger partial charge in [-0.1, -0.05) is 32.0 Å². The number of nitrogens with zero attached hydrogens (tertiary/aromatic N) is 1. The number of carbonyl (C=O) groups is 3. The number of carbonyl (C=O) groups excluding carboxylic acids is 3. The van der Waals surface area contributed by atoms with E-state index in [-0.39, 0.29) is 35.6 Å². The first-order valence-electron chi connectivity index (χ1n) is 10.4. The van der Waals surface area contributed by atoms with Crippen LogP contribution in [0.1, 0.15) is 54.8 Å². The van der Waals surface area contributed by atoms with E-state index in [0.29, 0.717) is 11.3 Å². The van der Waals surface area contributed by atoms with Gasteiger partial charge < -0.3 is 20.0 Å². The molecule has 1 aromatic heterocycles. The monoisotopic (exact) mass is 441 g/mol. The Morgan fingerprint density at radius 2 is 1.94 bits per heavy atom. The van der Waals surface area contributed by atoms with E-state index in [4.69, 9.17) is 4.42 Å². The molecule has 1 aromatic carbocycles. The lowest BCUT2D eigenvalue weighted by molar-refractivity contribution is -0.132. The van der Waals surface area contributed by atoms with Crippen molar-refractivity contribution in [3.8, 4) is 0 Å². The number of rotatable bonds is 6. The smallest absolute Gasteiger partial charge is 0.256 e. The lowest BCUT2D eigenvalue weighted by Gasteiger charge is -2.32. The van der Waals surface area contributed by atoms with Crippen molar-refractivity contribution >= 4 is 29.5 Å². The quantitative estimate of drug-likeness (QED) is 0.719. The number of benzene rings is 1. The second-order valence-corrected chi connectivity index (χ2v) is 10.5. The minimum atomic E-state index is -0.720. The second-order valence-electron chi connectivity index (χ2n) is 8.80. The molecule has 2 aromatic rings. The van der Waals surface area contributed by atoms with Gasteiger partial charge >= 0.3 is 0 Å². The van der Waals surface area contributed by atoms with Crippen LogP contribution < -0.4 is 10.6 Å². The first kappa shape index (κ1) is 21.5. The van der Waals surface area contributed by atoms with E-state index in [1.165, 1.54) is 0 Å². The fourth-order valence-corrected chi connectivity index (χ4v) is 5.86. The van der Waals surface area contributed by atoms with Gasteiger partial charge in [0, 0.05) is 10.3 Å². The number of nitrogens with one attached hydrogen (secondary N) is 2. The van der Waals surface area contributed by atoms with Crippen molar-refractivity contribution in [2.45, 2.75) is 56.4 Å². The van der Waals surface area contributed by atoms with E-state index < -0.39 is 16.8 Å². The predicted molar refractivity (Wildman–Crippen MR) is 118 cm³/mol. The molecule has 1 saturated heterocycles. The van der Waals surface area contributed by atoms with Crippen molar-refractivity contribution in [3.63, 3.8) is 0 Å². The second kappa shape index (κ2) is 8.07. The summed E-state index contributed by atoms with van der Waals surface area (Å²) < 4.78 is 4.76. The van der Waals surface area contributed by atoms with Gasteiger partial charge in [-0.25, -0.2) is 0 Å². The number of hydrogen-bond donors (Lipinski definition) is 2. The van der Waals surface area contributed by atoms with E-state index >= 15 is 0 Å². The Morgan fingerprint density at radius 1 is 1.19 bits per heavy atom. The van der Waals surface area contributed by atoms with Crippen molar-refractivity contribution in [2.75, 3.05) is 0 Å². The van der Waals surface area contributed by atoms with Crippen LogP contribution in [0.25, 0.3) is 0 Å². The van der Waals surface area contributed by atoms with Crippen LogP contribution >= 0.6 is 11.8 Å². The number of amides is 3. The number of furan rings is 1. The van der Waals surface area contributed by atoms with Gasteiger partial charge in [-0.3, -0.25) is 14.4 Å². The van der Waals surface area contributed by atoms with Crippen molar-refractivity contribution in [1.82, 2.24) is 15.5 Å². The highest BCUT2D eigenvalue weighted by atomic mass is 32.2. The lowest BCUT2D eigenvalue weighted by Crippen LogP contribution is -2.58. The lowest BCUT2D eigenvalue weighted by atomic mass is 9.98. The molecule has 0 bridgehead atoms. The van der Waals surface area contributed by atoms with Gasteiger partial charge in [-0.05, 0) is 43.5 Å². The summed E-state index contributed by atoms with van der Waals surface area (Å²) in [7, 11) is 0. The maximum Gasteiger partial charge on any atom is 0.256 e. The van der Waals surface area contributed by atoms with Crippen LogP contribution in [0.5, 0.6) is 0 Å². The molecular formula is C23H27N3O4S. The van der Waals surface area contributed by atoms with Crippen LogP contribution in [0.3, 0.4) is 0 Å². The van der Waals surface area contributed by atoms with Crippen molar-refractivity contribution in [2.24, 2.45) is 5.92 Å². The van der Waals surface area contributed by atoms with Gasteiger partial charge in [0.05, 0.1) is 12.8 Å². The number of thioether (sulfide) groups is 1. The normalized spacial score (nSPS) is 22.2. The Morgan fingerprint density at radius 3 is 2.61 bits per heavy atom. The molecule has 0 radical (unpaired) electrons. The first-order valence-corrected chi connectivity index (χ1v) is 11.3. The minimum absolute atomic E-state index is 0.125. The Bertz CT molecular complexity index is 1000. The van der Waals surface area contributed by atoms with Crippen molar-refractivity contribution < 1.29 is 18.8 Å². The van der Waals surface area contributed by atoms with E-state index in [0.717, 1.165) is 5.56 Å². The summed E-state index contributed by atoms with van der Waals surface area (Å²) in [5.74, 6) is -0.218. The fraction of sp³-hybridized carbons (Fsp3) is 0.435. The van der Waals surface area contributed by atoms with Crippen LogP contribution in [0.4, 0.5) is 0 Å². The zero-order chi connectivity index (χ0) is 22.3. The van der Waals surface area contributed by atoms with E-state index in [9.17, 15) is 14.4 Å². The predicted octanol–water partition coefficient (Wildman–Crippen LogP) is 3.09. The topological polar surface area (TPSA) is 91.7 Å². The van der Waals surface area contributed by atoms with Gasteiger partial charge in [-0.15, -0.1) is 11.8 Å². The number of fused-ring (bicyclic) bond motifs is 3. The summed E-state index contributed by atoms with van der Waals surface area (Å²) in [6.07, 6.45) is 1.55. The van der Waals surface area contributed by atoms with Crippen molar-refractivity contribution in [1.29, 1.82) is 0 Å². The molecule has 1 fully saturated rings. The summed E-state index contributed by atoms with van der Waals surface area (Å²) in [5.41, 5.74) is 1.59. The van der Waals surface area contributed by atoms with E-state index in [1.807, 2.05) is 45.9 Å². The van der Waals surface area contributed by atoms with Crippen LogP contribution in [0.15, 0.2) is 47.1 Å². The summed E-state index contributed by atoms with van der Waals surface area (Å²) in [6.45, 7) is 7.95. The molecule has 3 heterocycles. The summed E-state index contributed by atoms with van der Waals surface area (Å²) in [5, 5.41) is 5.54. The third-order valence-electron chi connectivity index (χ3n) is 5.81. The number of hydrogen-bond acceptors (Lipinski definition) is 5. The van der Waals surface area contributed by atoms with Gasteiger partial charge in [0.25, 0.3) is 5.91 Å². The van der Waals surface area contributed by atoms with Crippen LogP contribution in [0, 0.1) is 5.92 Å². The molecule has 3 atom stereocenters. The van der Waals surface area contributed by atoms with Gasteiger partial charge in [0.1, 0.15) is 23.2 Å². The minimum Gasteiger partial charge on any atom is -0.467 e. The van der Waals surface area contributed by atoms with Gasteiger partial charge in [0.2, 0.25) is 11.8 Å². The maximum atomic E-state index is 13.4. The third-order valence-corrected chi connectivity index (χ3v) is 7.34. The van der Waals surface area contributed by atoms with Crippen LogP contribution in [-0.4, -0.2) is 39.5 Å². The average molecular weight is 442 g/mol. The van der Waals surface area contributed by atoms with Crippen molar-refractivity contribution in [3.05, 3.63) is 59.5 Å². The molecule has 2 aliphatic rings. The first-order chi connectivity index (χ1) is 14.7. The molecule has 0 spiro atoms. The molecule has 0 saturated carbocycles. The highest BCUT2D eigenvalue weighted by Gasteiger charge is 2.57. The molecule has 31 heavy (non-hydrogen) atoms. The maximum absolute atomic E-state index is 13.4. The van der Waals surface area contributed by atoms with E-state index in [2.05, 4.69) is 10.6 Å². The van der Waals surface area contributed by atoms with Gasteiger partial charge in [-0.2, -0.15) is 0 Å². The molecule has 8 heteroatoms. The molecule has 4 rings (SSSR count). The van der Waals surface area contributed by atoms with Gasteiger partial charge in [0.15, 0.2) is 0 Å². The zero-order valence-electron chi connectivity index (χ0n) is 18.0. The molecular weight excluding hydrogens is 414 g/mol. The molecule has 3 amide bonds. The Kier molecular flexibility index (Phi) is 5.60. The van der Waals surface area contributed by atoms with Crippen LogP contribution in [-0.2, 0) is 16.1 Å². The molecule has 164 valence electrons. The Hall–Kier alpha value is -2.74. The van der Waals surface area contributed by atoms with E-state index in [1.54, 1.807) is 41.1 Å². The summed E-state index contributed by atoms with van der Waals surface area (Å²) in [6, 6.07) is 9.63. The van der Waals surface area contributed by atoms with Crippen LogP contribution in [0.2, 0.25) is 0 Å². The molecule has 0 aliphatic carbocycles. The molecule has 2 aliphatic heterocycles. The Balaban J connectivity index is 1.52.